The fraction of sp³-hybridized carbons (Fsp3) is 0.231. The number of rotatable bonds is 2. The van der Waals surface area contributed by atoms with Gasteiger partial charge in [0.1, 0.15) is 4.99 Å². The van der Waals surface area contributed by atoms with Crippen LogP contribution in [0.3, 0.4) is 0 Å². The van der Waals surface area contributed by atoms with E-state index in [9.17, 15) is 13.2 Å². The van der Waals surface area contributed by atoms with Crippen LogP contribution in [0.5, 0.6) is 0 Å². The van der Waals surface area contributed by atoms with E-state index in [4.69, 9.17) is 5.73 Å². The van der Waals surface area contributed by atoms with E-state index in [1.165, 1.54) is 0 Å². The molecule has 1 aromatic carbocycles. The van der Waals surface area contributed by atoms with E-state index in [1.54, 1.807) is 32.0 Å². The lowest BCUT2D eigenvalue weighted by Crippen LogP contribution is -2.20. The molecule has 2 rings (SSSR count). The summed E-state index contributed by atoms with van der Waals surface area (Å²) < 4.78 is 40.7. The van der Waals surface area contributed by atoms with Crippen LogP contribution in [0.4, 0.5) is 13.2 Å². The smallest absolute Gasteiger partial charge is 0.389 e. The maximum Gasteiger partial charge on any atom is 0.434 e. The van der Waals surface area contributed by atoms with Crippen molar-refractivity contribution in [3.8, 4) is 5.69 Å². The second kappa shape index (κ2) is 4.90. The Labute approximate surface area is 119 Å². The molecule has 0 unspecified atom stereocenters. The number of hydrogen-bond acceptors (Lipinski definition) is 2. The third-order valence-electron chi connectivity index (χ3n) is 2.95. The van der Waals surface area contributed by atoms with E-state index in [0.29, 0.717) is 16.8 Å². The van der Waals surface area contributed by atoms with Gasteiger partial charge in [-0.1, -0.05) is 30.4 Å². The van der Waals surface area contributed by atoms with Crippen molar-refractivity contribution in [1.82, 2.24) is 9.78 Å². The molecule has 0 fully saturated rings. The number of aromatic nitrogens is 2. The predicted molar refractivity (Wildman–Crippen MR) is 73.9 cm³/mol. The summed E-state index contributed by atoms with van der Waals surface area (Å²) in [6, 6.07) is 5.23. The Morgan fingerprint density at radius 1 is 1.25 bits per heavy atom. The van der Waals surface area contributed by atoms with Crippen molar-refractivity contribution in [2.45, 2.75) is 20.0 Å². The summed E-state index contributed by atoms with van der Waals surface area (Å²) in [5.74, 6) is 0. The minimum Gasteiger partial charge on any atom is -0.389 e. The first kappa shape index (κ1) is 14.5. The molecule has 0 saturated carbocycles. The number of nitrogens with two attached hydrogens (primary N) is 1. The van der Waals surface area contributed by atoms with E-state index in [2.05, 4.69) is 17.3 Å². The Bertz CT molecular complexity index is 654. The number of para-hydroxylation sites is 1. The van der Waals surface area contributed by atoms with Crippen LogP contribution in [0.15, 0.2) is 24.4 Å². The maximum absolute atomic E-state index is 13.3. The van der Waals surface area contributed by atoms with Crippen molar-refractivity contribution in [1.29, 1.82) is 0 Å². The summed E-state index contributed by atoms with van der Waals surface area (Å²) in [7, 11) is 0. The summed E-state index contributed by atoms with van der Waals surface area (Å²) >= 11 is 4.67. The molecule has 0 spiro atoms. The van der Waals surface area contributed by atoms with Crippen LogP contribution in [0, 0.1) is 13.8 Å². The number of alkyl halides is 3. The number of nitrogens with zero attached hydrogens (tertiary/aromatic N) is 2. The Morgan fingerprint density at radius 2 is 1.80 bits per heavy atom. The lowest BCUT2D eigenvalue weighted by atomic mass is 10.1. The van der Waals surface area contributed by atoms with Gasteiger partial charge in [-0.2, -0.15) is 18.3 Å². The molecule has 0 amide bonds. The van der Waals surface area contributed by atoms with Crippen LogP contribution in [-0.2, 0) is 6.18 Å². The number of aryl methyl sites for hydroxylation is 2. The average molecular weight is 299 g/mol. The van der Waals surface area contributed by atoms with Crippen LogP contribution in [-0.4, -0.2) is 14.8 Å². The highest BCUT2D eigenvalue weighted by Gasteiger charge is 2.39. The van der Waals surface area contributed by atoms with Gasteiger partial charge in [0.25, 0.3) is 0 Å². The minimum absolute atomic E-state index is 0.268. The molecule has 0 saturated heterocycles. The van der Waals surface area contributed by atoms with E-state index < -0.39 is 11.9 Å². The summed E-state index contributed by atoms with van der Waals surface area (Å²) in [4.78, 5) is -0.324. The number of thiocarbonyl (C=S) groups is 1. The summed E-state index contributed by atoms with van der Waals surface area (Å²) in [6.45, 7) is 3.45. The molecule has 2 aromatic rings. The van der Waals surface area contributed by atoms with Gasteiger partial charge in [-0.3, -0.25) is 0 Å². The Morgan fingerprint density at radius 3 is 2.25 bits per heavy atom. The van der Waals surface area contributed by atoms with Crippen molar-refractivity contribution in [3.63, 3.8) is 0 Å². The molecule has 7 heteroatoms. The molecule has 0 aliphatic heterocycles. The van der Waals surface area contributed by atoms with Crippen molar-refractivity contribution in [3.05, 3.63) is 46.8 Å². The number of benzene rings is 1. The summed E-state index contributed by atoms with van der Waals surface area (Å²) in [6.07, 6.45) is -3.54. The lowest BCUT2D eigenvalue weighted by molar-refractivity contribution is -0.142. The maximum atomic E-state index is 13.3. The Kier molecular flexibility index (Phi) is 3.56. The van der Waals surface area contributed by atoms with Crippen molar-refractivity contribution in [2.24, 2.45) is 5.73 Å². The van der Waals surface area contributed by atoms with Crippen LogP contribution in [0.2, 0.25) is 0 Å². The second-order valence-corrected chi connectivity index (χ2v) is 4.86. The second-order valence-electron chi connectivity index (χ2n) is 4.42. The van der Waals surface area contributed by atoms with Gasteiger partial charge in [-0.15, -0.1) is 0 Å². The molecule has 1 aromatic heterocycles. The molecule has 0 aliphatic rings. The molecule has 1 heterocycles. The first-order valence-corrected chi connectivity index (χ1v) is 6.16. The minimum atomic E-state index is -4.59. The monoisotopic (exact) mass is 299 g/mol. The van der Waals surface area contributed by atoms with Gasteiger partial charge in [-0.05, 0) is 25.0 Å². The molecule has 106 valence electrons. The van der Waals surface area contributed by atoms with Crippen LogP contribution in [0.25, 0.3) is 5.69 Å². The third-order valence-corrected chi connectivity index (χ3v) is 3.17. The van der Waals surface area contributed by atoms with Gasteiger partial charge >= 0.3 is 6.18 Å². The topological polar surface area (TPSA) is 43.8 Å². The molecule has 3 nitrogen and oxygen atoms in total. The first-order valence-electron chi connectivity index (χ1n) is 5.75. The highest BCUT2D eigenvalue weighted by atomic mass is 32.1. The molecule has 20 heavy (non-hydrogen) atoms. The van der Waals surface area contributed by atoms with E-state index in [1.807, 2.05) is 0 Å². The standard InChI is InChI=1S/C13H12F3N3S/c1-7-4-3-5-8(2)10(7)19-11(13(14,15)16)9(6-18-19)12(17)20/h3-6H,1-2H3,(H2,17,20). The van der Waals surface area contributed by atoms with Gasteiger partial charge in [0, 0.05) is 0 Å². The van der Waals surface area contributed by atoms with E-state index >= 15 is 0 Å². The zero-order valence-electron chi connectivity index (χ0n) is 10.8. The van der Waals surface area contributed by atoms with Crippen LogP contribution < -0.4 is 5.73 Å². The number of halogens is 3. The summed E-state index contributed by atoms with van der Waals surface area (Å²) in [5, 5.41) is 3.82. The molecular formula is C13H12F3N3S. The normalized spacial score (nSPS) is 11.7. The predicted octanol–water partition coefficient (Wildman–Crippen LogP) is 3.14. The Hall–Kier alpha value is -1.89. The average Bonchev–Trinajstić information content (AvgIpc) is 2.73. The van der Waals surface area contributed by atoms with E-state index in [0.717, 1.165) is 10.9 Å². The Balaban J connectivity index is 2.80. The molecule has 0 aliphatic carbocycles. The number of hydrogen-bond donors (Lipinski definition) is 1. The highest BCUT2D eigenvalue weighted by molar-refractivity contribution is 7.80. The SMILES string of the molecule is Cc1cccc(C)c1-n1ncc(C(N)=S)c1C(F)(F)F. The first-order chi connectivity index (χ1) is 9.23. The van der Waals surface area contributed by atoms with Gasteiger partial charge < -0.3 is 5.73 Å². The quantitative estimate of drug-likeness (QED) is 0.866. The van der Waals surface area contributed by atoms with Crippen LogP contribution >= 0.6 is 12.2 Å². The third kappa shape index (κ3) is 2.40. The molecule has 0 bridgehead atoms. The zero-order valence-corrected chi connectivity index (χ0v) is 11.6. The van der Waals surface area contributed by atoms with E-state index in [-0.39, 0.29) is 10.6 Å². The van der Waals surface area contributed by atoms with Crippen molar-refractivity contribution >= 4 is 17.2 Å². The molecule has 2 N–H and O–H groups in total. The van der Waals surface area contributed by atoms with Crippen molar-refractivity contribution in [2.75, 3.05) is 0 Å². The lowest BCUT2D eigenvalue weighted by Gasteiger charge is -2.15. The van der Waals surface area contributed by atoms with Gasteiger partial charge in [-0.25, -0.2) is 4.68 Å². The van der Waals surface area contributed by atoms with Crippen molar-refractivity contribution < 1.29 is 13.2 Å². The highest BCUT2D eigenvalue weighted by Crippen LogP contribution is 2.34. The largest absolute Gasteiger partial charge is 0.434 e. The fourth-order valence-electron chi connectivity index (χ4n) is 2.11. The zero-order chi connectivity index (χ0) is 15.1. The summed E-state index contributed by atoms with van der Waals surface area (Å²) in [5.41, 5.74) is 5.91. The molecular weight excluding hydrogens is 287 g/mol. The van der Waals surface area contributed by atoms with Gasteiger partial charge in [0.2, 0.25) is 0 Å². The van der Waals surface area contributed by atoms with Gasteiger partial charge in [0.05, 0.1) is 17.4 Å². The van der Waals surface area contributed by atoms with Crippen LogP contribution in [0.1, 0.15) is 22.4 Å². The molecule has 0 atom stereocenters. The van der Waals surface area contributed by atoms with Gasteiger partial charge in [0.15, 0.2) is 5.69 Å². The molecule has 0 radical (unpaired) electrons. The fourth-order valence-corrected chi connectivity index (χ4v) is 2.26.